The van der Waals surface area contributed by atoms with Crippen molar-refractivity contribution in [3.8, 4) is 0 Å². The molecule has 116 valence electrons. The average molecular weight is 362 g/mol. The zero-order chi connectivity index (χ0) is 16.2. The van der Waals surface area contributed by atoms with E-state index in [2.05, 4.69) is 21.2 Å². The summed E-state index contributed by atoms with van der Waals surface area (Å²) in [6, 6.07) is 3.30. The molecule has 5 nitrogen and oxygen atoms in total. The van der Waals surface area contributed by atoms with Crippen molar-refractivity contribution in [2.24, 2.45) is 0 Å². The average Bonchev–Trinajstić information content (AvgIpc) is 2.28. The smallest absolute Gasteiger partial charge is 0.408 e. The molecule has 1 aromatic rings. The molecule has 1 atom stereocenters. The number of rotatable bonds is 4. The highest BCUT2D eigenvalue weighted by Gasteiger charge is 2.23. The Morgan fingerprint density at radius 3 is 2.52 bits per heavy atom. The number of amides is 1. The van der Waals surface area contributed by atoms with Gasteiger partial charge in [-0.1, -0.05) is 6.07 Å². The molecule has 1 rings (SSSR count). The fraction of sp³-hybridized carbons (Fsp3) is 0.429. The second kappa shape index (κ2) is 6.89. The van der Waals surface area contributed by atoms with E-state index in [1.807, 2.05) is 0 Å². The van der Waals surface area contributed by atoms with Gasteiger partial charge in [0.05, 0.1) is 16.9 Å². The summed E-state index contributed by atoms with van der Waals surface area (Å²) in [4.78, 5) is 22.7. The molecule has 21 heavy (non-hydrogen) atoms. The van der Waals surface area contributed by atoms with E-state index in [1.165, 1.54) is 18.2 Å². The summed E-state index contributed by atoms with van der Waals surface area (Å²) in [6.07, 6.45) is -1.13. The van der Waals surface area contributed by atoms with Gasteiger partial charge in [-0.15, -0.1) is 0 Å². The number of carboxylic acids is 1. The molecule has 0 spiro atoms. The molecule has 0 saturated carbocycles. The first kappa shape index (κ1) is 17.4. The minimum Gasteiger partial charge on any atom is -0.481 e. The third kappa shape index (κ3) is 6.12. The summed E-state index contributed by atoms with van der Waals surface area (Å²) in [6.45, 7) is 5.08. The number of carboxylic acid groups (broad SMARTS) is 1. The highest BCUT2D eigenvalue weighted by atomic mass is 79.9. The Bertz CT molecular complexity index is 542. The molecule has 0 heterocycles. The van der Waals surface area contributed by atoms with Crippen LogP contribution in [0, 0.1) is 5.82 Å². The number of alkyl carbamates (subject to hydrolysis) is 1. The molecule has 0 aliphatic carbocycles. The number of benzene rings is 1. The van der Waals surface area contributed by atoms with Crippen molar-refractivity contribution < 1.29 is 23.8 Å². The predicted octanol–water partition coefficient (Wildman–Crippen LogP) is 3.63. The van der Waals surface area contributed by atoms with Gasteiger partial charge in [-0.05, 0) is 54.4 Å². The monoisotopic (exact) mass is 361 g/mol. The topological polar surface area (TPSA) is 75.6 Å². The van der Waals surface area contributed by atoms with Crippen molar-refractivity contribution in [2.75, 3.05) is 0 Å². The fourth-order valence-corrected chi connectivity index (χ4v) is 1.85. The summed E-state index contributed by atoms with van der Waals surface area (Å²) < 4.78 is 18.9. The number of halogens is 2. The molecule has 1 amide bonds. The summed E-state index contributed by atoms with van der Waals surface area (Å²) in [7, 11) is 0. The van der Waals surface area contributed by atoms with E-state index in [4.69, 9.17) is 9.84 Å². The van der Waals surface area contributed by atoms with Crippen LogP contribution >= 0.6 is 15.9 Å². The van der Waals surface area contributed by atoms with Crippen LogP contribution in [0.1, 0.15) is 38.8 Å². The Hall–Kier alpha value is -1.63. The number of hydrogen-bond donors (Lipinski definition) is 2. The van der Waals surface area contributed by atoms with E-state index < -0.39 is 29.5 Å². The minimum absolute atomic E-state index is 0.262. The quantitative estimate of drug-likeness (QED) is 0.858. The van der Waals surface area contributed by atoms with Gasteiger partial charge in [-0.3, -0.25) is 4.79 Å². The van der Waals surface area contributed by atoms with Gasteiger partial charge in [0.1, 0.15) is 11.4 Å². The van der Waals surface area contributed by atoms with Crippen LogP contribution in [0.3, 0.4) is 0 Å². The molecule has 7 heteroatoms. The van der Waals surface area contributed by atoms with Crippen LogP contribution in [0.5, 0.6) is 0 Å². The van der Waals surface area contributed by atoms with Gasteiger partial charge in [-0.2, -0.15) is 0 Å². The second-order valence-corrected chi connectivity index (χ2v) is 6.32. The Labute approximate surface area is 130 Å². The van der Waals surface area contributed by atoms with Crippen molar-refractivity contribution in [2.45, 2.75) is 38.8 Å². The van der Waals surface area contributed by atoms with Gasteiger partial charge in [0.15, 0.2) is 0 Å². The maximum absolute atomic E-state index is 13.5. The first-order chi connectivity index (χ1) is 9.58. The number of nitrogens with one attached hydrogen (secondary N) is 1. The van der Waals surface area contributed by atoms with Gasteiger partial charge >= 0.3 is 12.1 Å². The van der Waals surface area contributed by atoms with E-state index in [0.29, 0.717) is 5.56 Å². The Balaban J connectivity index is 2.92. The molecular formula is C14H17BrFNO4. The molecule has 0 radical (unpaired) electrons. The maximum Gasteiger partial charge on any atom is 0.408 e. The molecule has 1 aromatic carbocycles. The zero-order valence-corrected chi connectivity index (χ0v) is 13.5. The predicted molar refractivity (Wildman–Crippen MR) is 78.5 cm³/mol. The molecule has 0 aliphatic rings. The van der Waals surface area contributed by atoms with Gasteiger partial charge in [0.2, 0.25) is 0 Å². The molecular weight excluding hydrogens is 345 g/mol. The van der Waals surface area contributed by atoms with Crippen molar-refractivity contribution in [3.63, 3.8) is 0 Å². The normalized spacial score (nSPS) is 12.6. The van der Waals surface area contributed by atoms with Crippen molar-refractivity contribution in [3.05, 3.63) is 34.1 Å². The number of ether oxygens (including phenoxy) is 1. The first-order valence-corrected chi connectivity index (χ1v) is 7.04. The molecule has 2 N–H and O–H groups in total. The Morgan fingerprint density at radius 2 is 2.05 bits per heavy atom. The maximum atomic E-state index is 13.5. The molecule has 0 aromatic heterocycles. The summed E-state index contributed by atoms with van der Waals surface area (Å²) in [5, 5.41) is 11.4. The van der Waals surface area contributed by atoms with Crippen LogP contribution in [0.15, 0.2) is 22.7 Å². The molecule has 0 aliphatic heterocycles. The van der Waals surface area contributed by atoms with Crippen LogP contribution in [0.25, 0.3) is 0 Å². The van der Waals surface area contributed by atoms with Crippen molar-refractivity contribution in [1.29, 1.82) is 0 Å². The van der Waals surface area contributed by atoms with Gasteiger partial charge in [-0.25, -0.2) is 9.18 Å². The van der Waals surface area contributed by atoms with Crippen molar-refractivity contribution >= 4 is 28.0 Å². The first-order valence-electron chi connectivity index (χ1n) is 6.25. The number of hydrogen-bond acceptors (Lipinski definition) is 3. The highest BCUT2D eigenvalue weighted by molar-refractivity contribution is 9.10. The van der Waals surface area contributed by atoms with Crippen LogP contribution in [-0.4, -0.2) is 22.8 Å². The lowest BCUT2D eigenvalue weighted by Crippen LogP contribution is -2.35. The fourth-order valence-electron chi connectivity index (χ4n) is 1.61. The third-order valence-electron chi connectivity index (χ3n) is 2.42. The lowest BCUT2D eigenvalue weighted by Gasteiger charge is -2.23. The molecule has 0 saturated heterocycles. The van der Waals surface area contributed by atoms with Crippen LogP contribution < -0.4 is 5.32 Å². The third-order valence-corrected chi connectivity index (χ3v) is 3.06. The van der Waals surface area contributed by atoms with Gasteiger partial charge in [0.25, 0.3) is 0 Å². The van der Waals surface area contributed by atoms with E-state index in [-0.39, 0.29) is 10.9 Å². The van der Waals surface area contributed by atoms with E-state index in [9.17, 15) is 14.0 Å². The summed E-state index contributed by atoms with van der Waals surface area (Å²) in [5.41, 5.74) is -0.355. The lowest BCUT2D eigenvalue weighted by molar-refractivity contribution is -0.137. The zero-order valence-electron chi connectivity index (χ0n) is 11.9. The molecule has 0 unspecified atom stereocenters. The Morgan fingerprint density at radius 1 is 1.43 bits per heavy atom. The SMILES string of the molecule is CC(C)(C)OC(=O)N[C@H](CC(=O)O)c1ccc(Br)c(F)c1. The van der Waals surface area contributed by atoms with Gasteiger partial charge in [0, 0.05) is 0 Å². The lowest BCUT2D eigenvalue weighted by atomic mass is 10.0. The molecule has 0 fully saturated rings. The van der Waals surface area contributed by atoms with E-state index >= 15 is 0 Å². The van der Waals surface area contributed by atoms with Crippen LogP contribution in [0.4, 0.5) is 9.18 Å². The standard InChI is InChI=1S/C14H17BrFNO4/c1-14(2,3)21-13(20)17-11(7-12(18)19)8-4-5-9(15)10(16)6-8/h4-6,11H,7H2,1-3H3,(H,17,20)(H,18,19)/t11-/m1/s1. The summed E-state index contributed by atoms with van der Waals surface area (Å²) in [5.74, 6) is -1.65. The van der Waals surface area contributed by atoms with E-state index in [0.717, 1.165) is 0 Å². The highest BCUT2D eigenvalue weighted by Crippen LogP contribution is 2.23. The summed E-state index contributed by atoms with van der Waals surface area (Å²) >= 11 is 3.02. The van der Waals surface area contributed by atoms with Crippen LogP contribution in [-0.2, 0) is 9.53 Å². The van der Waals surface area contributed by atoms with E-state index in [1.54, 1.807) is 20.8 Å². The van der Waals surface area contributed by atoms with Crippen molar-refractivity contribution in [1.82, 2.24) is 5.32 Å². The molecule has 0 bridgehead atoms. The van der Waals surface area contributed by atoms with Crippen LogP contribution in [0.2, 0.25) is 0 Å². The minimum atomic E-state index is -1.11. The number of aliphatic carboxylic acids is 1. The number of carbonyl (C=O) groups excluding carboxylic acids is 1. The Kier molecular flexibility index (Phi) is 5.71. The second-order valence-electron chi connectivity index (χ2n) is 5.47. The number of carbonyl (C=O) groups is 2. The van der Waals surface area contributed by atoms with Gasteiger partial charge < -0.3 is 15.2 Å². The largest absolute Gasteiger partial charge is 0.481 e.